The van der Waals surface area contributed by atoms with Crippen molar-refractivity contribution in [3.8, 4) is 0 Å². The van der Waals surface area contributed by atoms with E-state index in [4.69, 9.17) is 4.74 Å². The van der Waals surface area contributed by atoms with Gasteiger partial charge < -0.3 is 4.74 Å². The van der Waals surface area contributed by atoms with Gasteiger partial charge in [-0.1, -0.05) is 89.0 Å². The number of esters is 1. The van der Waals surface area contributed by atoms with Crippen molar-refractivity contribution in [3.05, 3.63) is 24.8 Å². The third kappa shape index (κ3) is 18.9. The second-order valence-corrected chi connectivity index (χ2v) is 6.04. The van der Waals surface area contributed by atoms with E-state index in [-0.39, 0.29) is 5.97 Å². The molecule has 0 aromatic heterocycles. The normalized spacial score (nSPS) is 11.0. The summed E-state index contributed by atoms with van der Waals surface area (Å²) in [5.74, 6) is -0.159. The van der Waals surface area contributed by atoms with Crippen LogP contribution >= 0.6 is 0 Å². The lowest BCUT2D eigenvalue weighted by atomic mass is 10.0. The average molecular weight is 309 g/mol. The maximum absolute atomic E-state index is 10.6. The maximum Gasteiger partial charge on any atom is 0.302 e. The van der Waals surface area contributed by atoms with E-state index < -0.39 is 0 Å². The van der Waals surface area contributed by atoms with Crippen molar-refractivity contribution in [1.82, 2.24) is 0 Å². The van der Waals surface area contributed by atoms with E-state index in [1.165, 1.54) is 84.0 Å². The zero-order chi connectivity index (χ0) is 16.3. The second kappa shape index (κ2) is 18.0. The molecule has 0 aromatic rings. The molecule has 0 N–H and O–H groups in total. The van der Waals surface area contributed by atoms with E-state index in [2.05, 4.69) is 12.7 Å². The van der Waals surface area contributed by atoms with Gasteiger partial charge in [-0.05, 0) is 19.3 Å². The SMILES string of the molecule is C=C/C=C/CCCCCCCCCCCCCCOC(C)=O. The highest BCUT2D eigenvalue weighted by Crippen LogP contribution is 2.12. The van der Waals surface area contributed by atoms with Gasteiger partial charge >= 0.3 is 5.97 Å². The monoisotopic (exact) mass is 308 g/mol. The van der Waals surface area contributed by atoms with Crippen molar-refractivity contribution < 1.29 is 9.53 Å². The molecule has 128 valence electrons. The van der Waals surface area contributed by atoms with Gasteiger partial charge in [0.05, 0.1) is 6.61 Å². The van der Waals surface area contributed by atoms with Crippen LogP contribution < -0.4 is 0 Å². The summed E-state index contributed by atoms with van der Waals surface area (Å²) >= 11 is 0. The molecule has 0 radical (unpaired) electrons. The predicted molar refractivity (Wildman–Crippen MR) is 96.0 cm³/mol. The first-order valence-corrected chi connectivity index (χ1v) is 9.18. The Labute approximate surface area is 138 Å². The molecular formula is C20H36O2. The number of rotatable bonds is 16. The summed E-state index contributed by atoms with van der Waals surface area (Å²) in [6, 6.07) is 0. The highest BCUT2D eigenvalue weighted by Gasteiger charge is 1.95. The minimum Gasteiger partial charge on any atom is -0.466 e. The number of hydrogen-bond acceptors (Lipinski definition) is 2. The summed E-state index contributed by atoms with van der Waals surface area (Å²) in [4.78, 5) is 10.6. The number of carbonyl (C=O) groups is 1. The Hall–Kier alpha value is -1.05. The topological polar surface area (TPSA) is 26.3 Å². The smallest absolute Gasteiger partial charge is 0.302 e. The minimum absolute atomic E-state index is 0.159. The molecule has 0 unspecified atom stereocenters. The van der Waals surface area contributed by atoms with Crippen molar-refractivity contribution in [2.24, 2.45) is 0 Å². The highest BCUT2D eigenvalue weighted by molar-refractivity contribution is 5.65. The van der Waals surface area contributed by atoms with Crippen LogP contribution in [0, 0.1) is 0 Å². The van der Waals surface area contributed by atoms with Crippen LogP contribution in [-0.2, 0) is 9.53 Å². The van der Waals surface area contributed by atoms with Gasteiger partial charge in [0, 0.05) is 6.92 Å². The third-order valence-corrected chi connectivity index (χ3v) is 3.84. The maximum atomic E-state index is 10.6. The van der Waals surface area contributed by atoms with Gasteiger partial charge in [-0.2, -0.15) is 0 Å². The molecule has 2 nitrogen and oxygen atoms in total. The largest absolute Gasteiger partial charge is 0.466 e. The molecule has 2 heteroatoms. The van der Waals surface area contributed by atoms with Crippen LogP contribution in [0.4, 0.5) is 0 Å². The van der Waals surface area contributed by atoms with Crippen molar-refractivity contribution in [3.63, 3.8) is 0 Å². The van der Waals surface area contributed by atoms with Gasteiger partial charge in [0.2, 0.25) is 0 Å². The van der Waals surface area contributed by atoms with Crippen molar-refractivity contribution >= 4 is 5.97 Å². The molecule has 0 atom stereocenters. The van der Waals surface area contributed by atoms with Gasteiger partial charge in [0.25, 0.3) is 0 Å². The van der Waals surface area contributed by atoms with Gasteiger partial charge in [0.1, 0.15) is 0 Å². The molecular weight excluding hydrogens is 272 g/mol. The average Bonchev–Trinajstić information content (AvgIpc) is 2.50. The van der Waals surface area contributed by atoms with Crippen LogP contribution in [0.1, 0.15) is 90.4 Å². The van der Waals surface area contributed by atoms with Crippen molar-refractivity contribution in [1.29, 1.82) is 0 Å². The standard InChI is InChI=1S/C20H36O2/c1-3-4-5-6-7-8-9-10-11-12-13-14-15-16-17-18-19-22-20(2)21/h3-5H,1,6-19H2,2H3/b5-4+. The van der Waals surface area contributed by atoms with Gasteiger partial charge in [-0.15, -0.1) is 0 Å². The van der Waals surface area contributed by atoms with Crippen LogP contribution in [0.5, 0.6) is 0 Å². The number of allylic oxidation sites excluding steroid dienone is 3. The lowest BCUT2D eigenvalue weighted by Gasteiger charge is -2.03. The van der Waals surface area contributed by atoms with E-state index in [0.29, 0.717) is 6.61 Å². The number of ether oxygens (including phenoxy) is 1. The van der Waals surface area contributed by atoms with Crippen molar-refractivity contribution in [2.45, 2.75) is 90.4 Å². The van der Waals surface area contributed by atoms with Crippen LogP contribution in [0.15, 0.2) is 24.8 Å². The second-order valence-electron chi connectivity index (χ2n) is 6.04. The Morgan fingerprint density at radius 2 is 1.27 bits per heavy atom. The fraction of sp³-hybridized carbons (Fsp3) is 0.750. The number of hydrogen-bond donors (Lipinski definition) is 0. The summed E-state index contributed by atoms with van der Waals surface area (Å²) in [5, 5.41) is 0. The van der Waals surface area contributed by atoms with Gasteiger partial charge in [0.15, 0.2) is 0 Å². The van der Waals surface area contributed by atoms with Crippen LogP contribution in [0.25, 0.3) is 0 Å². The van der Waals surface area contributed by atoms with Gasteiger partial charge in [-0.25, -0.2) is 0 Å². The van der Waals surface area contributed by atoms with Gasteiger partial charge in [-0.3, -0.25) is 4.79 Å². The predicted octanol–water partition coefficient (Wildman–Crippen LogP) is 6.36. The molecule has 0 heterocycles. The number of carbonyl (C=O) groups excluding carboxylic acids is 1. The first-order valence-electron chi connectivity index (χ1n) is 9.18. The Morgan fingerprint density at radius 3 is 1.73 bits per heavy atom. The summed E-state index contributed by atoms with van der Waals surface area (Å²) in [6.07, 6.45) is 23.1. The zero-order valence-electron chi connectivity index (χ0n) is 14.7. The van der Waals surface area contributed by atoms with Crippen molar-refractivity contribution in [2.75, 3.05) is 6.61 Å². The molecule has 0 rings (SSSR count). The molecule has 0 bridgehead atoms. The summed E-state index contributed by atoms with van der Waals surface area (Å²) in [6.45, 7) is 5.74. The molecule has 0 aromatic carbocycles. The summed E-state index contributed by atoms with van der Waals surface area (Å²) in [5.41, 5.74) is 0. The molecule has 0 spiro atoms. The summed E-state index contributed by atoms with van der Waals surface area (Å²) in [7, 11) is 0. The summed E-state index contributed by atoms with van der Waals surface area (Å²) < 4.78 is 4.91. The highest BCUT2D eigenvalue weighted by atomic mass is 16.5. The molecule has 0 amide bonds. The molecule has 0 saturated carbocycles. The quantitative estimate of drug-likeness (QED) is 0.188. The van der Waals surface area contributed by atoms with Crippen LogP contribution in [-0.4, -0.2) is 12.6 Å². The molecule has 0 aliphatic carbocycles. The fourth-order valence-corrected chi connectivity index (χ4v) is 2.54. The van der Waals surface area contributed by atoms with E-state index >= 15 is 0 Å². The van der Waals surface area contributed by atoms with Crippen LogP contribution in [0.2, 0.25) is 0 Å². The first kappa shape index (κ1) is 20.9. The molecule has 22 heavy (non-hydrogen) atoms. The Balaban J connectivity index is 3.01. The molecule has 0 saturated heterocycles. The fourth-order valence-electron chi connectivity index (χ4n) is 2.54. The van der Waals surface area contributed by atoms with E-state index in [1.54, 1.807) is 0 Å². The Bertz CT molecular complexity index is 281. The lowest BCUT2D eigenvalue weighted by Crippen LogP contribution is -2.00. The minimum atomic E-state index is -0.159. The first-order chi connectivity index (χ1) is 10.8. The molecule has 0 aliphatic rings. The van der Waals surface area contributed by atoms with E-state index in [0.717, 1.165) is 6.42 Å². The Kier molecular flexibility index (Phi) is 17.1. The van der Waals surface area contributed by atoms with E-state index in [1.807, 2.05) is 12.2 Å². The third-order valence-electron chi connectivity index (χ3n) is 3.84. The molecule has 0 aliphatic heterocycles. The lowest BCUT2D eigenvalue weighted by molar-refractivity contribution is -0.141. The molecule has 0 fully saturated rings. The number of unbranched alkanes of at least 4 members (excludes halogenated alkanes) is 12. The Morgan fingerprint density at radius 1 is 0.818 bits per heavy atom. The zero-order valence-corrected chi connectivity index (χ0v) is 14.7. The van der Waals surface area contributed by atoms with Crippen LogP contribution in [0.3, 0.4) is 0 Å². The van der Waals surface area contributed by atoms with E-state index in [9.17, 15) is 4.79 Å².